The van der Waals surface area contributed by atoms with Crippen LogP contribution < -0.4 is 9.47 Å². The first-order valence-electron chi connectivity index (χ1n) is 10.7. The number of ether oxygens (including phenoxy) is 3. The molecule has 0 amide bonds. The molecular formula is C23H23FN4O4S. The van der Waals surface area contributed by atoms with Crippen LogP contribution in [0.3, 0.4) is 0 Å². The quantitative estimate of drug-likeness (QED) is 0.367. The molecule has 0 spiro atoms. The third-order valence-corrected chi connectivity index (χ3v) is 6.56. The summed E-state index contributed by atoms with van der Waals surface area (Å²) in [6.07, 6.45) is 0. The van der Waals surface area contributed by atoms with Gasteiger partial charge in [0.15, 0.2) is 28.3 Å². The third kappa shape index (κ3) is 5.02. The van der Waals surface area contributed by atoms with Gasteiger partial charge in [-0.2, -0.15) is 0 Å². The molecule has 10 heteroatoms. The van der Waals surface area contributed by atoms with Crippen LogP contribution in [0, 0.1) is 5.82 Å². The number of thioether (sulfide) groups is 1. The predicted octanol–water partition coefficient (Wildman–Crippen LogP) is 3.12. The molecule has 1 fully saturated rings. The first kappa shape index (κ1) is 21.9. The minimum Gasteiger partial charge on any atom is -0.454 e. The van der Waals surface area contributed by atoms with Gasteiger partial charge in [0, 0.05) is 37.3 Å². The van der Waals surface area contributed by atoms with Crippen LogP contribution in [0.25, 0.3) is 11.4 Å². The summed E-state index contributed by atoms with van der Waals surface area (Å²) in [5.74, 6) is 1.75. The number of nitrogens with zero attached hydrogens (tertiary/aromatic N) is 4. The molecule has 1 saturated heterocycles. The highest BCUT2D eigenvalue weighted by Gasteiger charge is 2.20. The maximum Gasteiger partial charge on any atom is 0.231 e. The normalized spacial score (nSPS) is 15.7. The molecule has 0 unspecified atom stereocenters. The van der Waals surface area contributed by atoms with Gasteiger partial charge in [0.1, 0.15) is 5.82 Å². The summed E-state index contributed by atoms with van der Waals surface area (Å²) in [6.45, 7) is 4.81. The molecule has 0 atom stereocenters. The van der Waals surface area contributed by atoms with E-state index in [4.69, 9.17) is 14.2 Å². The maximum absolute atomic E-state index is 13.4. The number of rotatable bonds is 8. The Balaban J connectivity index is 1.33. The van der Waals surface area contributed by atoms with E-state index < -0.39 is 0 Å². The molecule has 0 bridgehead atoms. The number of carbonyl (C=O) groups is 1. The number of benzene rings is 2. The Morgan fingerprint density at radius 3 is 2.61 bits per heavy atom. The van der Waals surface area contributed by atoms with Crippen molar-refractivity contribution in [3.63, 3.8) is 0 Å². The number of Topliss-reactive ketones (excluding diaryl/α,β-unsaturated/α-hetero) is 1. The standard InChI is InChI=1S/C23H23FN4O4S/c24-18-4-1-16(2-5-18)22-25-26-23(28(22)8-7-27-9-11-30-12-10-27)33-14-19(29)17-3-6-20-21(13-17)32-15-31-20/h1-6,13H,7-12,14-15H2. The highest BCUT2D eigenvalue weighted by atomic mass is 32.2. The molecule has 3 heterocycles. The SMILES string of the molecule is O=C(CSc1nnc(-c2ccc(F)cc2)n1CCN1CCOCC1)c1ccc2c(c1)OCO2. The van der Waals surface area contributed by atoms with Gasteiger partial charge in [-0.25, -0.2) is 4.39 Å². The Kier molecular flexibility index (Phi) is 6.56. The number of fused-ring (bicyclic) bond motifs is 1. The molecular weight excluding hydrogens is 447 g/mol. The van der Waals surface area contributed by atoms with Crippen molar-refractivity contribution in [3.05, 3.63) is 53.8 Å². The van der Waals surface area contributed by atoms with Crippen LogP contribution >= 0.6 is 11.8 Å². The van der Waals surface area contributed by atoms with Gasteiger partial charge in [-0.1, -0.05) is 11.8 Å². The summed E-state index contributed by atoms with van der Waals surface area (Å²) in [5, 5.41) is 9.35. The summed E-state index contributed by atoms with van der Waals surface area (Å²) in [6, 6.07) is 11.4. The largest absolute Gasteiger partial charge is 0.454 e. The summed E-state index contributed by atoms with van der Waals surface area (Å²) in [5.41, 5.74) is 1.34. The summed E-state index contributed by atoms with van der Waals surface area (Å²) in [7, 11) is 0. The lowest BCUT2D eigenvalue weighted by Crippen LogP contribution is -2.38. The first-order chi connectivity index (χ1) is 16.2. The third-order valence-electron chi connectivity index (χ3n) is 5.59. The molecule has 2 aliphatic heterocycles. The number of aromatic nitrogens is 3. The van der Waals surface area contributed by atoms with E-state index in [-0.39, 0.29) is 24.1 Å². The Hall–Kier alpha value is -2.95. The number of carbonyl (C=O) groups excluding carboxylic acids is 1. The van der Waals surface area contributed by atoms with Gasteiger partial charge < -0.3 is 18.8 Å². The van der Waals surface area contributed by atoms with E-state index in [1.807, 2.05) is 4.57 Å². The molecule has 2 aliphatic rings. The van der Waals surface area contributed by atoms with Crippen LogP contribution in [0.4, 0.5) is 4.39 Å². The average Bonchev–Trinajstić information content (AvgIpc) is 3.48. The van der Waals surface area contributed by atoms with Gasteiger partial charge in [-0.05, 0) is 42.5 Å². The van der Waals surface area contributed by atoms with E-state index >= 15 is 0 Å². The summed E-state index contributed by atoms with van der Waals surface area (Å²) >= 11 is 1.34. The van der Waals surface area contributed by atoms with Crippen LogP contribution in [0.15, 0.2) is 47.6 Å². The predicted molar refractivity (Wildman–Crippen MR) is 120 cm³/mol. The molecule has 1 aromatic heterocycles. The molecule has 2 aromatic carbocycles. The van der Waals surface area contributed by atoms with Gasteiger partial charge >= 0.3 is 0 Å². The fourth-order valence-corrected chi connectivity index (χ4v) is 4.62. The van der Waals surface area contributed by atoms with Crippen molar-refractivity contribution in [1.29, 1.82) is 0 Å². The highest BCUT2D eigenvalue weighted by Crippen LogP contribution is 2.33. The zero-order chi connectivity index (χ0) is 22.6. The number of ketones is 1. The minimum atomic E-state index is -0.304. The van der Waals surface area contributed by atoms with Crippen molar-refractivity contribution in [1.82, 2.24) is 19.7 Å². The second-order valence-corrected chi connectivity index (χ2v) is 8.64. The van der Waals surface area contributed by atoms with Crippen molar-refractivity contribution in [2.75, 3.05) is 45.4 Å². The fourth-order valence-electron chi connectivity index (χ4n) is 3.76. The molecule has 8 nitrogen and oxygen atoms in total. The van der Waals surface area contributed by atoms with E-state index in [0.29, 0.717) is 34.6 Å². The van der Waals surface area contributed by atoms with Crippen LogP contribution in [0.2, 0.25) is 0 Å². The van der Waals surface area contributed by atoms with E-state index in [0.717, 1.165) is 38.4 Å². The van der Waals surface area contributed by atoms with Crippen molar-refractivity contribution < 1.29 is 23.4 Å². The Bertz CT molecular complexity index is 1130. The van der Waals surface area contributed by atoms with Gasteiger partial charge in [0.05, 0.1) is 19.0 Å². The summed E-state index contributed by atoms with van der Waals surface area (Å²) < 4.78 is 31.6. The van der Waals surface area contributed by atoms with Crippen molar-refractivity contribution in [2.45, 2.75) is 11.7 Å². The molecule has 0 N–H and O–H groups in total. The van der Waals surface area contributed by atoms with Gasteiger partial charge in [-0.15, -0.1) is 10.2 Å². The summed E-state index contributed by atoms with van der Waals surface area (Å²) in [4.78, 5) is 15.1. The zero-order valence-electron chi connectivity index (χ0n) is 17.9. The van der Waals surface area contributed by atoms with Crippen molar-refractivity contribution in [3.8, 4) is 22.9 Å². The Morgan fingerprint density at radius 1 is 1.00 bits per heavy atom. The number of halogens is 1. The lowest BCUT2D eigenvalue weighted by atomic mass is 10.1. The molecule has 0 radical (unpaired) electrons. The monoisotopic (exact) mass is 470 g/mol. The van der Waals surface area contributed by atoms with Crippen LogP contribution in [0.5, 0.6) is 11.5 Å². The smallest absolute Gasteiger partial charge is 0.231 e. The minimum absolute atomic E-state index is 0.0376. The molecule has 0 aliphatic carbocycles. The van der Waals surface area contributed by atoms with E-state index in [1.165, 1.54) is 23.9 Å². The van der Waals surface area contributed by atoms with E-state index in [9.17, 15) is 9.18 Å². The fraction of sp³-hybridized carbons (Fsp3) is 0.348. The van der Waals surface area contributed by atoms with Gasteiger partial charge in [0.2, 0.25) is 6.79 Å². The highest BCUT2D eigenvalue weighted by molar-refractivity contribution is 7.99. The van der Waals surface area contributed by atoms with Crippen LogP contribution in [-0.4, -0.2) is 70.8 Å². The average molecular weight is 471 g/mol. The second-order valence-electron chi connectivity index (χ2n) is 7.70. The molecule has 172 valence electrons. The Morgan fingerprint density at radius 2 is 1.79 bits per heavy atom. The van der Waals surface area contributed by atoms with Crippen LogP contribution in [-0.2, 0) is 11.3 Å². The number of hydrogen-bond donors (Lipinski definition) is 0. The molecule has 33 heavy (non-hydrogen) atoms. The van der Waals surface area contributed by atoms with E-state index in [2.05, 4.69) is 15.1 Å². The van der Waals surface area contributed by atoms with Crippen LogP contribution in [0.1, 0.15) is 10.4 Å². The topological polar surface area (TPSA) is 78.7 Å². The van der Waals surface area contributed by atoms with Gasteiger partial charge in [0.25, 0.3) is 0 Å². The number of morpholine rings is 1. The van der Waals surface area contributed by atoms with Gasteiger partial charge in [-0.3, -0.25) is 9.69 Å². The number of hydrogen-bond acceptors (Lipinski definition) is 8. The second kappa shape index (κ2) is 9.90. The first-order valence-corrected chi connectivity index (χ1v) is 11.7. The van der Waals surface area contributed by atoms with Crippen molar-refractivity contribution in [2.24, 2.45) is 0 Å². The van der Waals surface area contributed by atoms with E-state index in [1.54, 1.807) is 30.3 Å². The molecule has 5 rings (SSSR count). The molecule has 3 aromatic rings. The van der Waals surface area contributed by atoms with Crippen molar-refractivity contribution >= 4 is 17.5 Å². The maximum atomic E-state index is 13.4. The zero-order valence-corrected chi connectivity index (χ0v) is 18.7. The lowest BCUT2D eigenvalue weighted by Gasteiger charge is -2.27. The Labute approximate surface area is 194 Å². The molecule has 0 saturated carbocycles. The lowest BCUT2D eigenvalue weighted by molar-refractivity contribution is 0.0361.